The summed E-state index contributed by atoms with van der Waals surface area (Å²) in [6.45, 7) is 6.77. The molecule has 0 aromatic heterocycles. The minimum absolute atomic E-state index is 0.337. The quantitative estimate of drug-likeness (QED) is 0.797. The number of carbonyl (C=O) groups is 2. The van der Waals surface area contributed by atoms with E-state index in [1.165, 1.54) is 38.1 Å². The Morgan fingerprint density at radius 1 is 0.962 bits per heavy atom. The molecule has 2 atom stereocenters. The lowest BCUT2D eigenvalue weighted by Gasteiger charge is -2.19. The summed E-state index contributed by atoms with van der Waals surface area (Å²) in [7, 11) is 0. The largest absolute Gasteiger partial charge is 0.479 e. The predicted molar refractivity (Wildman–Crippen MR) is 96.6 cm³/mol. The Morgan fingerprint density at radius 3 is 2.12 bits per heavy atom. The van der Waals surface area contributed by atoms with E-state index in [0.29, 0.717) is 11.4 Å². The van der Waals surface area contributed by atoms with Crippen LogP contribution < -0.4 is 10.1 Å². The minimum atomic E-state index is -0.985. The van der Waals surface area contributed by atoms with Crippen LogP contribution in [0.25, 0.3) is 0 Å². The van der Waals surface area contributed by atoms with Gasteiger partial charge in [-0.3, -0.25) is 4.79 Å². The van der Waals surface area contributed by atoms with Crippen LogP contribution in [0.5, 0.6) is 5.75 Å². The predicted octanol–water partition coefficient (Wildman–Crippen LogP) is 3.78. The molecular weight excluding hydrogens is 337 g/mol. The van der Waals surface area contributed by atoms with Gasteiger partial charge in [-0.1, -0.05) is 18.2 Å². The van der Waals surface area contributed by atoms with Crippen molar-refractivity contribution in [1.82, 2.24) is 0 Å². The molecule has 0 fully saturated rings. The molecule has 0 radical (unpaired) electrons. The fourth-order valence-corrected chi connectivity index (χ4v) is 2.33. The average Bonchev–Trinajstić information content (AvgIpc) is 2.59. The summed E-state index contributed by atoms with van der Waals surface area (Å²) in [4.78, 5) is 24.4. The zero-order chi connectivity index (χ0) is 19.3. The Morgan fingerprint density at radius 2 is 1.54 bits per heavy atom. The van der Waals surface area contributed by atoms with Crippen molar-refractivity contribution in [2.24, 2.45) is 0 Å². The summed E-state index contributed by atoms with van der Waals surface area (Å²) in [6.07, 6.45) is -1.92. The number of carbonyl (C=O) groups excluding carboxylic acids is 2. The van der Waals surface area contributed by atoms with Gasteiger partial charge in [0.25, 0.3) is 5.91 Å². The lowest BCUT2D eigenvalue weighted by atomic mass is 10.1. The van der Waals surface area contributed by atoms with Crippen molar-refractivity contribution in [3.05, 3.63) is 59.4 Å². The molecular formula is C20H22FNO4. The molecule has 26 heavy (non-hydrogen) atoms. The molecule has 0 unspecified atom stereocenters. The molecule has 2 aromatic rings. The van der Waals surface area contributed by atoms with E-state index >= 15 is 0 Å². The fraction of sp³-hybridized carbons (Fsp3) is 0.300. The first-order chi connectivity index (χ1) is 12.3. The van der Waals surface area contributed by atoms with Crippen LogP contribution in [0.4, 0.5) is 10.1 Å². The first-order valence-corrected chi connectivity index (χ1v) is 8.27. The molecule has 1 N–H and O–H groups in total. The number of amides is 1. The zero-order valence-corrected chi connectivity index (χ0v) is 15.2. The van der Waals surface area contributed by atoms with Crippen molar-refractivity contribution in [2.45, 2.75) is 39.9 Å². The smallest absolute Gasteiger partial charge is 0.347 e. The standard InChI is InChI=1S/C20H22FNO4/c1-12-6-5-7-13(2)18(12)22-19(23)14(3)26-20(24)15(4)25-17-10-8-16(21)9-11-17/h5-11,14-15H,1-4H3,(H,22,23)/t14-,15-/m1/s1. The molecule has 0 bridgehead atoms. The SMILES string of the molecule is Cc1cccc(C)c1NC(=O)[C@@H](C)OC(=O)[C@@H](C)Oc1ccc(F)cc1. The molecule has 2 rings (SSSR count). The number of ether oxygens (including phenoxy) is 2. The summed E-state index contributed by atoms with van der Waals surface area (Å²) in [6, 6.07) is 11.0. The summed E-state index contributed by atoms with van der Waals surface area (Å²) in [5.74, 6) is -1.17. The molecule has 5 nitrogen and oxygen atoms in total. The number of nitrogens with one attached hydrogen (secondary N) is 1. The number of rotatable bonds is 6. The van der Waals surface area contributed by atoms with E-state index in [9.17, 15) is 14.0 Å². The van der Waals surface area contributed by atoms with Crippen LogP contribution in [0.3, 0.4) is 0 Å². The zero-order valence-electron chi connectivity index (χ0n) is 15.2. The van der Waals surface area contributed by atoms with E-state index in [1.807, 2.05) is 32.0 Å². The lowest BCUT2D eigenvalue weighted by Crippen LogP contribution is -2.35. The van der Waals surface area contributed by atoms with E-state index in [2.05, 4.69) is 5.32 Å². The molecule has 0 aliphatic rings. The Bertz CT molecular complexity index is 769. The third kappa shape index (κ3) is 5.05. The Hall–Kier alpha value is -2.89. The molecule has 2 aromatic carbocycles. The lowest BCUT2D eigenvalue weighted by molar-refractivity contribution is -0.159. The maximum Gasteiger partial charge on any atom is 0.347 e. The van der Waals surface area contributed by atoms with Crippen molar-refractivity contribution in [3.8, 4) is 5.75 Å². The van der Waals surface area contributed by atoms with Crippen LogP contribution >= 0.6 is 0 Å². The summed E-state index contributed by atoms with van der Waals surface area (Å²) >= 11 is 0. The Balaban J connectivity index is 1.93. The monoisotopic (exact) mass is 359 g/mol. The van der Waals surface area contributed by atoms with Gasteiger partial charge in [0, 0.05) is 5.69 Å². The highest BCUT2D eigenvalue weighted by Gasteiger charge is 2.24. The van der Waals surface area contributed by atoms with Gasteiger partial charge in [-0.25, -0.2) is 9.18 Å². The van der Waals surface area contributed by atoms with Gasteiger partial charge in [-0.15, -0.1) is 0 Å². The number of esters is 1. The number of para-hydroxylation sites is 1. The maximum atomic E-state index is 12.9. The van der Waals surface area contributed by atoms with Gasteiger partial charge in [-0.2, -0.15) is 0 Å². The van der Waals surface area contributed by atoms with Gasteiger partial charge in [0.1, 0.15) is 11.6 Å². The van der Waals surface area contributed by atoms with Gasteiger partial charge in [-0.05, 0) is 63.1 Å². The first kappa shape index (κ1) is 19.4. The van der Waals surface area contributed by atoms with Gasteiger partial charge in [0.2, 0.25) is 0 Å². The molecule has 6 heteroatoms. The van der Waals surface area contributed by atoms with Gasteiger partial charge in [0.05, 0.1) is 0 Å². The molecule has 0 saturated heterocycles. The second kappa shape index (κ2) is 8.47. The second-order valence-electron chi connectivity index (χ2n) is 6.05. The van der Waals surface area contributed by atoms with Crippen LogP contribution in [-0.4, -0.2) is 24.1 Å². The average molecular weight is 359 g/mol. The number of aryl methyl sites for hydroxylation is 2. The van der Waals surface area contributed by atoms with Crippen LogP contribution in [0.2, 0.25) is 0 Å². The van der Waals surface area contributed by atoms with Crippen molar-refractivity contribution < 1.29 is 23.5 Å². The van der Waals surface area contributed by atoms with Crippen molar-refractivity contribution >= 4 is 17.6 Å². The summed E-state index contributed by atoms with van der Waals surface area (Å²) in [5, 5.41) is 2.78. The number of benzene rings is 2. The van der Waals surface area contributed by atoms with Gasteiger partial charge in [0.15, 0.2) is 12.2 Å². The molecule has 1 amide bonds. The highest BCUT2D eigenvalue weighted by molar-refractivity contribution is 5.96. The summed E-state index contributed by atoms with van der Waals surface area (Å²) in [5.41, 5.74) is 2.55. The third-order valence-corrected chi connectivity index (χ3v) is 3.85. The van der Waals surface area contributed by atoms with Crippen LogP contribution in [0.1, 0.15) is 25.0 Å². The van der Waals surface area contributed by atoms with E-state index < -0.39 is 29.9 Å². The van der Waals surface area contributed by atoms with Crippen LogP contribution in [0, 0.1) is 19.7 Å². The molecule has 0 heterocycles. The van der Waals surface area contributed by atoms with E-state index in [0.717, 1.165) is 11.1 Å². The number of hydrogen-bond donors (Lipinski definition) is 1. The molecule has 0 spiro atoms. The third-order valence-electron chi connectivity index (χ3n) is 3.85. The number of halogens is 1. The van der Waals surface area contributed by atoms with Crippen LogP contribution in [-0.2, 0) is 14.3 Å². The second-order valence-corrected chi connectivity index (χ2v) is 6.05. The number of anilines is 1. The van der Waals surface area contributed by atoms with E-state index in [4.69, 9.17) is 9.47 Å². The molecule has 138 valence electrons. The molecule has 0 aliphatic carbocycles. The molecule has 0 aliphatic heterocycles. The van der Waals surface area contributed by atoms with Gasteiger partial charge >= 0.3 is 5.97 Å². The van der Waals surface area contributed by atoms with Crippen molar-refractivity contribution in [3.63, 3.8) is 0 Å². The first-order valence-electron chi connectivity index (χ1n) is 8.27. The number of hydrogen-bond acceptors (Lipinski definition) is 4. The van der Waals surface area contributed by atoms with E-state index in [-0.39, 0.29) is 0 Å². The Kier molecular flexibility index (Phi) is 6.33. The van der Waals surface area contributed by atoms with Crippen LogP contribution in [0.15, 0.2) is 42.5 Å². The summed E-state index contributed by atoms with van der Waals surface area (Å²) < 4.78 is 23.5. The van der Waals surface area contributed by atoms with Crippen molar-refractivity contribution in [2.75, 3.05) is 5.32 Å². The maximum absolute atomic E-state index is 12.9. The topological polar surface area (TPSA) is 64.6 Å². The van der Waals surface area contributed by atoms with E-state index in [1.54, 1.807) is 0 Å². The normalized spacial score (nSPS) is 12.8. The molecule has 0 saturated carbocycles. The van der Waals surface area contributed by atoms with Gasteiger partial charge < -0.3 is 14.8 Å². The Labute approximate surface area is 152 Å². The van der Waals surface area contributed by atoms with Crippen molar-refractivity contribution in [1.29, 1.82) is 0 Å². The highest BCUT2D eigenvalue weighted by Crippen LogP contribution is 2.20. The fourth-order valence-electron chi connectivity index (χ4n) is 2.33. The highest BCUT2D eigenvalue weighted by atomic mass is 19.1. The minimum Gasteiger partial charge on any atom is -0.479 e.